The molecule has 2 atom stereocenters. The van der Waals surface area contributed by atoms with Crippen LogP contribution in [0.1, 0.15) is 89.9 Å². The van der Waals surface area contributed by atoms with Crippen LogP contribution in [0.25, 0.3) is 0 Å². The van der Waals surface area contributed by atoms with Gasteiger partial charge in [0, 0.05) is 38.3 Å². The van der Waals surface area contributed by atoms with Crippen molar-refractivity contribution in [3.8, 4) is 0 Å². The Hall–Kier alpha value is -1.87. The van der Waals surface area contributed by atoms with Crippen LogP contribution in [0, 0.1) is 5.41 Å². The highest BCUT2D eigenvalue weighted by atomic mass is 16.5. The normalized spacial score (nSPS) is 24.3. The summed E-state index contributed by atoms with van der Waals surface area (Å²) in [6, 6.07) is -0.325. The Kier molecular flexibility index (Phi) is 10.9. The van der Waals surface area contributed by atoms with Crippen molar-refractivity contribution in [2.45, 2.75) is 114 Å². The summed E-state index contributed by atoms with van der Waals surface area (Å²) in [5.74, 6) is -0.854. The average molecular weight is 480 g/mol. The maximum Gasteiger partial charge on any atom is 0.305 e. The number of ether oxygens (including phenoxy) is 1. The second kappa shape index (κ2) is 13.9. The van der Waals surface area contributed by atoms with E-state index in [1.165, 1.54) is 19.3 Å². The van der Waals surface area contributed by atoms with Gasteiger partial charge in [-0.3, -0.25) is 15.0 Å². The summed E-state index contributed by atoms with van der Waals surface area (Å²) in [5, 5.41) is 20.5. The second-order valence-electron chi connectivity index (χ2n) is 10.3. The molecule has 2 saturated heterocycles. The van der Waals surface area contributed by atoms with Gasteiger partial charge in [-0.05, 0) is 51.4 Å². The van der Waals surface area contributed by atoms with Crippen molar-refractivity contribution in [2.75, 3.05) is 26.2 Å². The molecular formula is C25H45N5O4. The number of carbonyl (C=O) groups excluding carboxylic acids is 1. The Bertz CT molecular complexity index is 660. The third-order valence-corrected chi connectivity index (χ3v) is 7.72. The number of guanidine groups is 1. The van der Waals surface area contributed by atoms with Gasteiger partial charge in [0.2, 0.25) is 5.91 Å². The van der Waals surface area contributed by atoms with Crippen LogP contribution in [-0.2, 0) is 14.3 Å². The highest BCUT2D eigenvalue weighted by Crippen LogP contribution is 2.24. The predicted molar refractivity (Wildman–Crippen MR) is 132 cm³/mol. The van der Waals surface area contributed by atoms with Crippen LogP contribution >= 0.6 is 0 Å². The number of aliphatic carboxylic acids is 1. The van der Waals surface area contributed by atoms with Crippen LogP contribution in [0.15, 0.2) is 0 Å². The van der Waals surface area contributed by atoms with E-state index >= 15 is 0 Å². The maximum absolute atomic E-state index is 13.6. The van der Waals surface area contributed by atoms with Crippen molar-refractivity contribution in [1.29, 1.82) is 5.41 Å². The van der Waals surface area contributed by atoms with Crippen molar-refractivity contribution in [2.24, 2.45) is 5.73 Å². The number of likely N-dealkylation sites (tertiary alicyclic amines) is 2. The van der Waals surface area contributed by atoms with E-state index in [0.717, 1.165) is 77.3 Å². The molecule has 0 aromatic heterocycles. The fourth-order valence-electron chi connectivity index (χ4n) is 5.72. The van der Waals surface area contributed by atoms with Crippen molar-refractivity contribution >= 4 is 17.8 Å². The van der Waals surface area contributed by atoms with Crippen molar-refractivity contribution in [3.05, 3.63) is 0 Å². The smallest absolute Gasteiger partial charge is 0.305 e. The molecule has 194 valence electrons. The highest BCUT2D eigenvalue weighted by molar-refractivity contribution is 5.86. The average Bonchev–Trinajstić information content (AvgIpc) is 2.80. The van der Waals surface area contributed by atoms with Crippen LogP contribution in [0.2, 0.25) is 0 Å². The minimum atomic E-state index is -0.925. The Morgan fingerprint density at radius 2 is 1.62 bits per heavy atom. The number of hydrogen-bond acceptors (Lipinski definition) is 5. The zero-order chi connectivity index (χ0) is 24.3. The lowest BCUT2D eigenvalue weighted by molar-refractivity contribution is -0.145. The van der Waals surface area contributed by atoms with E-state index in [1.54, 1.807) is 0 Å². The summed E-state index contributed by atoms with van der Waals surface area (Å²) in [4.78, 5) is 29.0. The summed E-state index contributed by atoms with van der Waals surface area (Å²) in [6.45, 7) is 2.79. The van der Waals surface area contributed by atoms with E-state index in [0.29, 0.717) is 13.2 Å². The van der Waals surface area contributed by atoms with Gasteiger partial charge in [-0.1, -0.05) is 32.1 Å². The highest BCUT2D eigenvalue weighted by Gasteiger charge is 2.34. The molecule has 1 aliphatic carbocycles. The summed E-state index contributed by atoms with van der Waals surface area (Å²) in [5.41, 5.74) is 5.57. The minimum absolute atomic E-state index is 0.0519. The summed E-state index contributed by atoms with van der Waals surface area (Å²) in [7, 11) is 0. The summed E-state index contributed by atoms with van der Waals surface area (Å²) >= 11 is 0. The van der Waals surface area contributed by atoms with Crippen molar-refractivity contribution < 1.29 is 19.4 Å². The van der Waals surface area contributed by atoms with Gasteiger partial charge in [-0.2, -0.15) is 0 Å². The Morgan fingerprint density at radius 3 is 2.26 bits per heavy atom. The van der Waals surface area contributed by atoms with Gasteiger partial charge in [-0.15, -0.1) is 0 Å². The molecule has 3 rings (SSSR count). The fourth-order valence-corrected chi connectivity index (χ4v) is 5.72. The Morgan fingerprint density at radius 1 is 0.971 bits per heavy atom. The molecule has 9 nitrogen and oxygen atoms in total. The van der Waals surface area contributed by atoms with Gasteiger partial charge in [0.25, 0.3) is 0 Å². The molecule has 1 saturated carbocycles. The molecule has 2 heterocycles. The fraction of sp³-hybridized carbons (Fsp3) is 0.880. The Balaban J connectivity index is 1.52. The number of carboxylic acids is 1. The Labute approximate surface area is 204 Å². The first-order chi connectivity index (χ1) is 16.4. The molecular weight excluding hydrogens is 434 g/mol. The van der Waals surface area contributed by atoms with Gasteiger partial charge in [0.05, 0.1) is 18.6 Å². The van der Waals surface area contributed by atoms with E-state index in [1.807, 2.05) is 9.80 Å². The molecule has 0 aromatic rings. The number of amides is 1. The molecule has 0 radical (unpaired) electrons. The van der Waals surface area contributed by atoms with Gasteiger partial charge < -0.3 is 30.7 Å². The van der Waals surface area contributed by atoms with Gasteiger partial charge in [0.1, 0.15) is 0 Å². The molecule has 3 fully saturated rings. The zero-order valence-electron chi connectivity index (χ0n) is 20.7. The SMILES string of the molecule is N=C(N)N1CCC(OCCC2CCCCN2C(=O)[C@H](CC(=O)O)NC2CCCCCCC2)CC1. The third kappa shape index (κ3) is 8.41. The lowest BCUT2D eigenvalue weighted by Gasteiger charge is -2.39. The summed E-state index contributed by atoms with van der Waals surface area (Å²) in [6.07, 6.45) is 13.5. The van der Waals surface area contributed by atoms with E-state index in [9.17, 15) is 14.7 Å². The topological polar surface area (TPSA) is 132 Å². The first kappa shape index (κ1) is 26.7. The van der Waals surface area contributed by atoms with Crippen LogP contribution in [0.4, 0.5) is 0 Å². The molecule has 5 N–H and O–H groups in total. The van der Waals surface area contributed by atoms with Crippen LogP contribution < -0.4 is 11.1 Å². The van der Waals surface area contributed by atoms with E-state index < -0.39 is 12.0 Å². The minimum Gasteiger partial charge on any atom is -0.481 e. The number of rotatable bonds is 9. The van der Waals surface area contributed by atoms with Crippen LogP contribution in [0.3, 0.4) is 0 Å². The predicted octanol–water partition coefficient (Wildman–Crippen LogP) is 2.68. The second-order valence-corrected chi connectivity index (χ2v) is 10.3. The third-order valence-electron chi connectivity index (χ3n) is 7.72. The standard InChI is InChI=1S/C25H45N5O4/c26-25(27)29-15-11-21(12-16-29)34-17-13-20-10-6-7-14-30(20)24(33)22(18-23(31)32)28-19-8-4-2-1-3-5-9-19/h19-22,28H,1-18H2,(H3,26,27)(H,31,32)/t20?,22-/m0/s1. The molecule has 0 spiro atoms. The maximum atomic E-state index is 13.6. The van der Waals surface area contributed by atoms with E-state index in [2.05, 4.69) is 5.32 Å². The lowest BCUT2D eigenvalue weighted by atomic mass is 9.94. The number of carbonyl (C=O) groups is 2. The monoisotopic (exact) mass is 479 g/mol. The van der Waals surface area contributed by atoms with Crippen molar-refractivity contribution in [1.82, 2.24) is 15.1 Å². The van der Waals surface area contributed by atoms with Crippen LogP contribution in [-0.4, -0.2) is 83.2 Å². The molecule has 9 heteroatoms. The zero-order valence-corrected chi connectivity index (χ0v) is 20.7. The van der Waals surface area contributed by atoms with Crippen LogP contribution in [0.5, 0.6) is 0 Å². The molecule has 0 bridgehead atoms. The molecule has 0 aromatic carbocycles. The molecule has 34 heavy (non-hydrogen) atoms. The first-order valence-electron chi connectivity index (χ1n) is 13.4. The lowest BCUT2D eigenvalue weighted by Crippen LogP contribution is -2.55. The number of nitrogens with one attached hydrogen (secondary N) is 2. The van der Waals surface area contributed by atoms with E-state index in [4.69, 9.17) is 15.9 Å². The molecule has 1 unspecified atom stereocenters. The number of nitrogens with two attached hydrogens (primary N) is 1. The molecule has 1 amide bonds. The quantitative estimate of drug-likeness (QED) is 0.295. The number of nitrogens with zero attached hydrogens (tertiary/aromatic N) is 2. The number of piperidine rings is 2. The van der Waals surface area contributed by atoms with Gasteiger partial charge in [-0.25, -0.2) is 0 Å². The number of hydrogen-bond donors (Lipinski definition) is 4. The first-order valence-corrected chi connectivity index (χ1v) is 13.4. The summed E-state index contributed by atoms with van der Waals surface area (Å²) < 4.78 is 6.13. The number of carboxylic acid groups (broad SMARTS) is 1. The molecule has 2 aliphatic heterocycles. The van der Waals surface area contributed by atoms with Gasteiger partial charge in [0.15, 0.2) is 5.96 Å². The van der Waals surface area contributed by atoms with E-state index in [-0.39, 0.29) is 36.5 Å². The van der Waals surface area contributed by atoms with Crippen molar-refractivity contribution in [3.63, 3.8) is 0 Å². The largest absolute Gasteiger partial charge is 0.481 e. The van der Waals surface area contributed by atoms with Gasteiger partial charge >= 0.3 is 5.97 Å². The molecule has 3 aliphatic rings.